The summed E-state index contributed by atoms with van der Waals surface area (Å²) in [5.41, 5.74) is 0.378. The molecule has 2 rings (SSSR count). The third-order valence-corrected chi connectivity index (χ3v) is 4.43. The molecular formula is C14H14N2O5S. The minimum absolute atomic E-state index is 0.0138. The van der Waals surface area contributed by atoms with Crippen LogP contribution in [-0.4, -0.2) is 18.4 Å². The highest BCUT2D eigenvalue weighted by Crippen LogP contribution is 2.30. The molecule has 0 saturated carbocycles. The van der Waals surface area contributed by atoms with Gasteiger partial charge in [-0.2, -0.15) is 0 Å². The number of nitrogens with zero attached hydrogens (tertiary/aromatic N) is 1. The molecule has 22 heavy (non-hydrogen) atoms. The Morgan fingerprint density at radius 3 is 2.36 bits per heavy atom. The topological polar surface area (TPSA) is 110 Å². The zero-order chi connectivity index (χ0) is 16.3. The van der Waals surface area contributed by atoms with Gasteiger partial charge in [0.1, 0.15) is 5.69 Å². The highest BCUT2D eigenvalue weighted by Gasteiger charge is 2.23. The summed E-state index contributed by atoms with van der Waals surface area (Å²) >= 11 is 0. The van der Waals surface area contributed by atoms with Crippen molar-refractivity contribution in [2.75, 3.05) is 4.72 Å². The predicted molar refractivity (Wildman–Crippen MR) is 81.0 cm³/mol. The molecule has 0 aliphatic heterocycles. The molecule has 8 heteroatoms. The molecule has 2 N–H and O–H groups in total. The number of hydrogen-bond acceptors (Lipinski definition) is 5. The largest absolute Gasteiger partial charge is 0.392 e. The van der Waals surface area contributed by atoms with E-state index >= 15 is 0 Å². The lowest BCUT2D eigenvalue weighted by Crippen LogP contribution is -2.15. The van der Waals surface area contributed by atoms with Crippen molar-refractivity contribution in [3.8, 4) is 0 Å². The van der Waals surface area contributed by atoms with Crippen molar-refractivity contribution in [3.05, 3.63) is 63.7 Å². The van der Waals surface area contributed by atoms with Crippen LogP contribution in [0.15, 0.2) is 47.4 Å². The maximum atomic E-state index is 12.3. The molecule has 0 aliphatic carbocycles. The predicted octanol–water partition coefficient (Wildman–Crippen LogP) is 2.20. The number of para-hydroxylation sites is 1. The fourth-order valence-corrected chi connectivity index (χ4v) is 3.02. The van der Waals surface area contributed by atoms with E-state index in [1.165, 1.54) is 30.3 Å². The van der Waals surface area contributed by atoms with Gasteiger partial charge in [0.05, 0.1) is 16.4 Å². The Balaban J connectivity index is 2.49. The van der Waals surface area contributed by atoms with E-state index in [0.717, 1.165) is 5.56 Å². The van der Waals surface area contributed by atoms with Gasteiger partial charge in [-0.3, -0.25) is 14.8 Å². The van der Waals surface area contributed by atoms with E-state index < -0.39 is 27.2 Å². The number of aryl methyl sites for hydroxylation is 1. The smallest absolute Gasteiger partial charge is 0.293 e. The molecule has 0 spiro atoms. The van der Waals surface area contributed by atoms with Gasteiger partial charge in [-0.25, -0.2) is 8.42 Å². The van der Waals surface area contributed by atoms with E-state index in [-0.39, 0.29) is 16.1 Å². The molecule has 0 fully saturated rings. The maximum Gasteiger partial charge on any atom is 0.293 e. The lowest BCUT2D eigenvalue weighted by Gasteiger charge is -2.12. The monoisotopic (exact) mass is 322 g/mol. The first-order valence-corrected chi connectivity index (χ1v) is 7.80. The summed E-state index contributed by atoms with van der Waals surface area (Å²) in [6.45, 7) is 1.29. The van der Waals surface area contributed by atoms with Gasteiger partial charge in [-0.05, 0) is 19.1 Å². The van der Waals surface area contributed by atoms with Gasteiger partial charge in [0.25, 0.3) is 15.7 Å². The second-order valence-corrected chi connectivity index (χ2v) is 6.33. The number of rotatable bonds is 5. The minimum atomic E-state index is -3.98. The van der Waals surface area contributed by atoms with E-state index in [9.17, 15) is 23.6 Å². The number of nitro benzene ring substituents is 1. The van der Waals surface area contributed by atoms with Gasteiger partial charge in [0, 0.05) is 11.6 Å². The highest BCUT2D eigenvalue weighted by molar-refractivity contribution is 7.92. The highest BCUT2D eigenvalue weighted by atomic mass is 32.2. The molecular weight excluding hydrogens is 308 g/mol. The molecule has 0 amide bonds. The summed E-state index contributed by atoms with van der Waals surface area (Å²) in [6.07, 6.45) is 0. The van der Waals surface area contributed by atoms with Crippen molar-refractivity contribution in [3.63, 3.8) is 0 Å². The van der Waals surface area contributed by atoms with E-state index in [1.54, 1.807) is 12.1 Å². The van der Waals surface area contributed by atoms with Crippen LogP contribution in [0.1, 0.15) is 11.1 Å². The third kappa shape index (κ3) is 3.23. The quantitative estimate of drug-likeness (QED) is 0.648. The van der Waals surface area contributed by atoms with Gasteiger partial charge in [-0.15, -0.1) is 0 Å². The Morgan fingerprint density at radius 1 is 1.18 bits per heavy atom. The molecule has 0 unspecified atom stereocenters. The first-order valence-electron chi connectivity index (χ1n) is 6.32. The van der Waals surface area contributed by atoms with Crippen LogP contribution in [0.5, 0.6) is 0 Å². The molecule has 2 aromatic rings. The molecule has 0 saturated heterocycles. The van der Waals surface area contributed by atoms with Crippen LogP contribution in [0.4, 0.5) is 11.4 Å². The minimum Gasteiger partial charge on any atom is -0.392 e. The summed E-state index contributed by atoms with van der Waals surface area (Å²) in [7, 11) is -3.98. The SMILES string of the molecule is Cc1ccc(S(=O)(=O)Nc2c(CO)cccc2[N+](=O)[O-])cc1. The fraction of sp³-hybridized carbons (Fsp3) is 0.143. The van der Waals surface area contributed by atoms with Crippen LogP contribution in [0.3, 0.4) is 0 Å². The molecule has 0 aliphatic rings. The lowest BCUT2D eigenvalue weighted by molar-refractivity contribution is -0.384. The van der Waals surface area contributed by atoms with E-state index in [1.807, 2.05) is 6.92 Å². The number of nitro groups is 1. The molecule has 0 heterocycles. The van der Waals surface area contributed by atoms with Gasteiger partial charge < -0.3 is 5.11 Å². The van der Waals surface area contributed by atoms with Crippen molar-refractivity contribution in [2.24, 2.45) is 0 Å². The van der Waals surface area contributed by atoms with Gasteiger partial charge in [0.15, 0.2) is 0 Å². The van der Waals surface area contributed by atoms with Crippen LogP contribution in [0.2, 0.25) is 0 Å². The summed E-state index contributed by atoms with van der Waals surface area (Å²) in [6, 6.07) is 10.0. The van der Waals surface area contributed by atoms with Crippen LogP contribution < -0.4 is 4.72 Å². The Labute approximate surface area is 127 Å². The second-order valence-electron chi connectivity index (χ2n) is 4.65. The Hall–Kier alpha value is -2.45. The van der Waals surface area contributed by atoms with Crippen molar-refractivity contribution < 1.29 is 18.4 Å². The molecule has 0 aromatic heterocycles. The Kier molecular flexibility index (Phi) is 4.43. The van der Waals surface area contributed by atoms with Crippen LogP contribution in [0, 0.1) is 17.0 Å². The van der Waals surface area contributed by atoms with Gasteiger partial charge in [0.2, 0.25) is 0 Å². The first-order chi connectivity index (χ1) is 10.3. The van der Waals surface area contributed by atoms with E-state index in [4.69, 9.17) is 0 Å². The van der Waals surface area contributed by atoms with E-state index in [2.05, 4.69) is 4.72 Å². The fourth-order valence-electron chi connectivity index (χ4n) is 1.90. The Morgan fingerprint density at radius 2 is 1.82 bits per heavy atom. The standard InChI is InChI=1S/C14H14N2O5S/c1-10-5-7-12(8-6-10)22(20,21)15-14-11(9-17)3-2-4-13(14)16(18)19/h2-8,15,17H,9H2,1H3. The van der Waals surface area contributed by atoms with Crippen LogP contribution in [0.25, 0.3) is 0 Å². The number of nitrogens with one attached hydrogen (secondary N) is 1. The molecule has 0 bridgehead atoms. The Bertz CT molecular complexity index is 800. The summed E-state index contributed by atoms with van der Waals surface area (Å²) < 4.78 is 26.9. The van der Waals surface area contributed by atoms with Crippen LogP contribution in [-0.2, 0) is 16.6 Å². The summed E-state index contributed by atoms with van der Waals surface area (Å²) in [5.74, 6) is 0. The summed E-state index contributed by atoms with van der Waals surface area (Å²) in [4.78, 5) is 10.3. The number of aliphatic hydroxyl groups is 1. The number of benzene rings is 2. The second kappa shape index (κ2) is 6.12. The molecule has 0 radical (unpaired) electrons. The van der Waals surface area contributed by atoms with Crippen LogP contribution >= 0.6 is 0 Å². The average molecular weight is 322 g/mol. The third-order valence-electron chi connectivity index (χ3n) is 3.06. The number of aliphatic hydroxyl groups excluding tert-OH is 1. The lowest BCUT2D eigenvalue weighted by atomic mass is 10.1. The van der Waals surface area contributed by atoms with Gasteiger partial charge in [-0.1, -0.05) is 29.8 Å². The molecule has 116 valence electrons. The molecule has 2 aromatic carbocycles. The number of sulfonamides is 1. The first kappa shape index (κ1) is 15.9. The van der Waals surface area contributed by atoms with Crippen molar-refractivity contribution in [1.29, 1.82) is 0 Å². The molecule has 0 atom stereocenters. The zero-order valence-electron chi connectivity index (χ0n) is 11.7. The number of hydrogen-bond donors (Lipinski definition) is 2. The maximum absolute atomic E-state index is 12.3. The van der Waals surface area contributed by atoms with Crippen molar-refractivity contribution in [1.82, 2.24) is 0 Å². The average Bonchev–Trinajstić information content (AvgIpc) is 2.47. The molecule has 7 nitrogen and oxygen atoms in total. The normalized spacial score (nSPS) is 11.2. The number of anilines is 1. The van der Waals surface area contributed by atoms with Crippen molar-refractivity contribution >= 4 is 21.4 Å². The summed E-state index contributed by atoms with van der Waals surface area (Å²) in [5, 5.41) is 20.3. The zero-order valence-corrected chi connectivity index (χ0v) is 12.5. The van der Waals surface area contributed by atoms with E-state index in [0.29, 0.717) is 0 Å². The van der Waals surface area contributed by atoms with Gasteiger partial charge >= 0.3 is 0 Å². The van der Waals surface area contributed by atoms with Crippen molar-refractivity contribution in [2.45, 2.75) is 18.4 Å².